The van der Waals surface area contributed by atoms with Gasteiger partial charge in [-0.15, -0.1) is 0 Å². The van der Waals surface area contributed by atoms with Crippen molar-refractivity contribution in [2.75, 3.05) is 44.7 Å². The number of nitriles is 1. The Morgan fingerprint density at radius 3 is 2.70 bits per heavy atom. The van der Waals surface area contributed by atoms with Crippen LogP contribution in [-0.4, -0.2) is 50.2 Å². The van der Waals surface area contributed by atoms with Crippen LogP contribution in [0.4, 0.5) is 5.69 Å². The van der Waals surface area contributed by atoms with Crippen molar-refractivity contribution >= 4 is 11.6 Å². The molecule has 1 saturated heterocycles. The first-order chi connectivity index (χ1) is 11.2. The first-order valence-corrected chi connectivity index (χ1v) is 7.71. The molecular weight excluding hydrogens is 292 g/mol. The molecule has 1 aromatic carbocycles. The van der Waals surface area contributed by atoms with Crippen LogP contribution >= 0.6 is 0 Å². The number of nitrogens with one attached hydrogen (secondary N) is 2. The summed E-state index contributed by atoms with van der Waals surface area (Å²) in [4.78, 5) is 14.3. The lowest BCUT2D eigenvalue weighted by Crippen LogP contribution is -2.39. The number of hydrogen-bond acceptors (Lipinski definition) is 5. The van der Waals surface area contributed by atoms with E-state index in [1.807, 2.05) is 37.3 Å². The van der Waals surface area contributed by atoms with Gasteiger partial charge in [0.15, 0.2) is 0 Å². The molecule has 0 aliphatic carbocycles. The molecule has 1 amide bonds. The van der Waals surface area contributed by atoms with Gasteiger partial charge < -0.3 is 15.4 Å². The summed E-state index contributed by atoms with van der Waals surface area (Å²) in [7, 11) is 0. The van der Waals surface area contributed by atoms with Gasteiger partial charge in [0.05, 0.1) is 13.2 Å². The molecule has 1 fully saturated rings. The Bertz CT molecular complexity index is 584. The number of nitrogens with zero attached hydrogens (tertiary/aromatic N) is 2. The monoisotopic (exact) mass is 314 g/mol. The summed E-state index contributed by atoms with van der Waals surface area (Å²) in [5.41, 5.74) is 1.85. The highest BCUT2D eigenvalue weighted by molar-refractivity contribution is 6.06. The van der Waals surface area contributed by atoms with Gasteiger partial charge in [-0.05, 0) is 19.1 Å². The quantitative estimate of drug-likeness (QED) is 0.470. The van der Waals surface area contributed by atoms with E-state index in [1.165, 1.54) is 6.20 Å². The van der Waals surface area contributed by atoms with E-state index in [2.05, 4.69) is 15.5 Å². The molecule has 0 aromatic heterocycles. The standard InChI is InChI=1S/C17H22N4O2/c1-14-2-4-16(5-3-14)20-17(22)15(12-18)13-19-6-7-21-8-10-23-11-9-21/h2-5,13,19H,6-11H2,1H3,(H,20,22)/b15-13-. The fourth-order valence-electron chi connectivity index (χ4n) is 2.21. The maximum absolute atomic E-state index is 12.1. The van der Waals surface area contributed by atoms with Gasteiger partial charge in [-0.2, -0.15) is 5.26 Å². The van der Waals surface area contributed by atoms with Crippen LogP contribution in [0.5, 0.6) is 0 Å². The molecule has 2 rings (SSSR count). The smallest absolute Gasteiger partial charge is 0.267 e. The molecule has 1 aliphatic rings. The summed E-state index contributed by atoms with van der Waals surface area (Å²) in [6.45, 7) is 6.89. The molecule has 0 radical (unpaired) electrons. The van der Waals surface area contributed by atoms with Crippen LogP contribution < -0.4 is 10.6 Å². The highest BCUT2D eigenvalue weighted by atomic mass is 16.5. The second kappa shape index (κ2) is 8.93. The topological polar surface area (TPSA) is 77.4 Å². The Hall–Kier alpha value is -2.36. The molecule has 0 saturated carbocycles. The zero-order valence-corrected chi connectivity index (χ0v) is 13.3. The summed E-state index contributed by atoms with van der Waals surface area (Å²) in [5.74, 6) is -0.407. The molecular formula is C17H22N4O2. The zero-order chi connectivity index (χ0) is 16.5. The molecule has 1 aromatic rings. The van der Waals surface area contributed by atoms with Crippen LogP contribution in [0.2, 0.25) is 0 Å². The average Bonchev–Trinajstić information content (AvgIpc) is 2.58. The molecule has 6 heteroatoms. The number of carbonyl (C=O) groups excluding carboxylic acids is 1. The van der Waals surface area contributed by atoms with E-state index in [1.54, 1.807) is 0 Å². The van der Waals surface area contributed by atoms with Gasteiger partial charge in [0.2, 0.25) is 0 Å². The SMILES string of the molecule is Cc1ccc(NC(=O)/C(C#N)=C\NCCN2CCOCC2)cc1. The Labute approximate surface area is 136 Å². The van der Waals surface area contributed by atoms with Crippen molar-refractivity contribution in [3.05, 3.63) is 41.6 Å². The number of carbonyl (C=O) groups is 1. The first-order valence-electron chi connectivity index (χ1n) is 7.71. The minimum absolute atomic E-state index is 0.0625. The van der Waals surface area contributed by atoms with E-state index in [-0.39, 0.29) is 5.57 Å². The first kappa shape index (κ1) is 17.0. The van der Waals surface area contributed by atoms with Crippen LogP contribution in [0.15, 0.2) is 36.0 Å². The van der Waals surface area contributed by atoms with E-state index >= 15 is 0 Å². The van der Waals surface area contributed by atoms with Gasteiger partial charge in [-0.3, -0.25) is 9.69 Å². The number of morpholine rings is 1. The Kier molecular flexibility index (Phi) is 6.60. The molecule has 1 aliphatic heterocycles. The van der Waals surface area contributed by atoms with Gasteiger partial charge in [-0.1, -0.05) is 17.7 Å². The average molecular weight is 314 g/mol. The fraction of sp³-hybridized carbons (Fsp3) is 0.412. The second-order valence-electron chi connectivity index (χ2n) is 5.40. The molecule has 1 heterocycles. The predicted molar refractivity (Wildman–Crippen MR) is 88.8 cm³/mol. The molecule has 0 bridgehead atoms. The van der Waals surface area contributed by atoms with Gasteiger partial charge in [0.1, 0.15) is 11.6 Å². The van der Waals surface area contributed by atoms with Crippen LogP contribution in [0.3, 0.4) is 0 Å². The van der Waals surface area contributed by atoms with E-state index in [0.29, 0.717) is 12.2 Å². The largest absolute Gasteiger partial charge is 0.388 e. The number of benzene rings is 1. The summed E-state index contributed by atoms with van der Waals surface area (Å²) >= 11 is 0. The Balaban J connectivity index is 1.79. The van der Waals surface area contributed by atoms with Crippen LogP contribution in [-0.2, 0) is 9.53 Å². The van der Waals surface area contributed by atoms with Crippen molar-refractivity contribution in [1.82, 2.24) is 10.2 Å². The number of ether oxygens (including phenoxy) is 1. The number of aryl methyl sites for hydroxylation is 1. The summed E-state index contributed by atoms with van der Waals surface area (Å²) in [6, 6.07) is 9.37. The highest BCUT2D eigenvalue weighted by Crippen LogP contribution is 2.09. The second-order valence-corrected chi connectivity index (χ2v) is 5.40. The number of anilines is 1. The third-order valence-electron chi connectivity index (χ3n) is 3.60. The number of hydrogen-bond donors (Lipinski definition) is 2. The highest BCUT2D eigenvalue weighted by Gasteiger charge is 2.10. The minimum Gasteiger partial charge on any atom is -0.388 e. The summed E-state index contributed by atoms with van der Waals surface area (Å²) in [6.07, 6.45) is 1.48. The van der Waals surface area contributed by atoms with Crippen LogP contribution in [0, 0.1) is 18.3 Å². The summed E-state index contributed by atoms with van der Waals surface area (Å²) < 4.78 is 5.29. The van der Waals surface area contributed by atoms with Gasteiger partial charge >= 0.3 is 0 Å². The maximum Gasteiger partial charge on any atom is 0.267 e. The Morgan fingerprint density at radius 1 is 1.35 bits per heavy atom. The van der Waals surface area contributed by atoms with E-state index in [0.717, 1.165) is 38.4 Å². The molecule has 0 spiro atoms. The lowest BCUT2D eigenvalue weighted by molar-refractivity contribution is -0.112. The minimum atomic E-state index is -0.407. The maximum atomic E-state index is 12.1. The van der Waals surface area contributed by atoms with Crippen molar-refractivity contribution in [3.63, 3.8) is 0 Å². The third kappa shape index (κ3) is 5.74. The van der Waals surface area contributed by atoms with Gasteiger partial charge in [-0.25, -0.2) is 0 Å². The van der Waals surface area contributed by atoms with E-state index in [4.69, 9.17) is 10.00 Å². The molecule has 23 heavy (non-hydrogen) atoms. The van der Waals surface area contributed by atoms with Crippen LogP contribution in [0.25, 0.3) is 0 Å². The number of amides is 1. The van der Waals surface area contributed by atoms with E-state index < -0.39 is 5.91 Å². The summed E-state index contributed by atoms with van der Waals surface area (Å²) in [5, 5.41) is 14.9. The van der Waals surface area contributed by atoms with E-state index in [9.17, 15) is 4.79 Å². The lowest BCUT2D eigenvalue weighted by Gasteiger charge is -2.26. The van der Waals surface area contributed by atoms with Crippen LogP contribution in [0.1, 0.15) is 5.56 Å². The molecule has 122 valence electrons. The van der Waals surface area contributed by atoms with Crippen molar-refractivity contribution in [1.29, 1.82) is 5.26 Å². The fourth-order valence-corrected chi connectivity index (χ4v) is 2.21. The Morgan fingerprint density at radius 2 is 2.04 bits per heavy atom. The molecule has 6 nitrogen and oxygen atoms in total. The van der Waals surface area contributed by atoms with Gasteiger partial charge in [0.25, 0.3) is 5.91 Å². The third-order valence-corrected chi connectivity index (χ3v) is 3.60. The molecule has 0 unspecified atom stereocenters. The number of rotatable bonds is 6. The van der Waals surface area contributed by atoms with Crippen molar-refractivity contribution < 1.29 is 9.53 Å². The van der Waals surface area contributed by atoms with Crippen molar-refractivity contribution in [3.8, 4) is 6.07 Å². The predicted octanol–water partition coefficient (Wildman–Crippen LogP) is 1.26. The lowest BCUT2D eigenvalue weighted by atomic mass is 10.2. The van der Waals surface area contributed by atoms with Crippen molar-refractivity contribution in [2.45, 2.75) is 6.92 Å². The normalized spacial score (nSPS) is 15.7. The molecule has 0 atom stereocenters. The zero-order valence-electron chi connectivity index (χ0n) is 13.3. The molecule has 2 N–H and O–H groups in total. The van der Waals surface area contributed by atoms with Gasteiger partial charge in [0, 0.05) is 38.1 Å². The van der Waals surface area contributed by atoms with Crippen molar-refractivity contribution in [2.24, 2.45) is 0 Å².